The summed E-state index contributed by atoms with van der Waals surface area (Å²) >= 11 is 0. The highest BCUT2D eigenvalue weighted by atomic mass is 19.4. The van der Waals surface area contributed by atoms with E-state index in [-0.39, 0.29) is 10.8 Å². The summed E-state index contributed by atoms with van der Waals surface area (Å²) in [6.45, 7) is 0. The molecule has 0 amide bonds. The fraction of sp³-hybridized carbons (Fsp3) is 0.300. The number of carbonyl (C=O) groups is 1. The fourth-order valence-electron chi connectivity index (χ4n) is 3.18. The van der Waals surface area contributed by atoms with Crippen molar-refractivity contribution in [1.82, 2.24) is 0 Å². The van der Waals surface area contributed by atoms with Gasteiger partial charge in [0.15, 0.2) is 5.56 Å². The quantitative estimate of drug-likeness (QED) is 0.161. The third-order valence-electron chi connectivity index (χ3n) is 5.22. The van der Waals surface area contributed by atoms with Crippen LogP contribution in [0, 0.1) is 0 Å². The minimum absolute atomic E-state index is 0.0240. The molecule has 3 aromatic rings. The fourth-order valence-corrected chi connectivity index (χ4v) is 3.18. The van der Waals surface area contributed by atoms with Crippen LogP contribution in [0.4, 0.5) is 57.1 Å². The number of halogens is 13. The van der Waals surface area contributed by atoms with Crippen molar-refractivity contribution in [3.63, 3.8) is 0 Å². The van der Waals surface area contributed by atoms with Crippen molar-refractivity contribution < 1.29 is 71.4 Å². The molecule has 1 aromatic heterocycles. The van der Waals surface area contributed by atoms with Crippen molar-refractivity contribution in [2.24, 2.45) is 0 Å². The Hall–Kier alpha value is -3.53. The summed E-state index contributed by atoms with van der Waals surface area (Å²) < 4.78 is 178. The van der Waals surface area contributed by atoms with Crippen LogP contribution < -0.4 is 5.63 Å². The molecule has 4 nitrogen and oxygen atoms in total. The van der Waals surface area contributed by atoms with Crippen molar-refractivity contribution >= 4 is 27.5 Å². The molecule has 1 heterocycles. The Bertz CT molecular complexity index is 1450. The Morgan fingerprint density at radius 1 is 0.676 bits per heavy atom. The van der Waals surface area contributed by atoms with Crippen molar-refractivity contribution in [1.29, 1.82) is 0 Å². The number of rotatable bonds is 6. The summed E-state index contributed by atoms with van der Waals surface area (Å²) in [6, 6.07) is 7.34. The maximum absolute atomic E-state index is 14.3. The molecule has 0 saturated heterocycles. The molecule has 17 heteroatoms. The van der Waals surface area contributed by atoms with E-state index in [1.54, 1.807) is 0 Å². The molecule has 37 heavy (non-hydrogen) atoms. The maximum Gasteiger partial charge on any atom is 0.460 e. The van der Waals surface area contributed by atoms with E-state index in [1.165, 1.54) is 24.3 Å². The molecule has 0 fully saturated rings. The summed E-state index contributed by atoms with van der Waals surface area (Å²) in [5.41, 5.74) is -5.50. The SMILES string of the molecule is O=C(c1c(O)c2ccc3ccccc3c2oc1=O)C(F)(F)C(F)(F)C(F)(F)C(F)(F)C(F)(F)C(F)(F)F. The Morgan fingerprint density at radius 2 is 1.19 bits per heavy atom. The Balaban J connectivity index is 2.21. The molecular formula is C20H7F13O4. The van der Waals surface area contributed by atoms with Crippen LogP contribution in [0.1, 0.15) is 10.4 Å². The summed E-state index contributed by atoms with van der Waals surface area (Å²) in [4.78, 5) is 24.2. The van der Waals surface area contributed by atoms with Gasteiger partial charge in [-0.15, -0.1) is 0 Å². The number of Topliss-reactive ketones (excluding diaryl/α,β-unsaturated/α-hetero) is 1. The van der Waals surface area contributed by atoms with Gasteiger partial charge in [0.25, 0.3) is 0 Å². The lowest BCUT2D eigenvalue weighted by Crippen LogP contribution is -2.71. The number of carbonyl (C=O) groups excluding carboxylic acids is 1. The second kappa shape index (κ2) is 7.98. The van der Waals surface area contributed by atoms with Crippen molar-refractivity contribution in [2.45, 2.75) is 35.8 Å². The zero-order valence-corrected chi connectivity index (χ0v) is 17.0. The van der Waals surface area contributed by atoms with Crippen LogP contribution in [0.15, 0.2) is 45.6 Å². The minimum atomic E-state index is -8.25. The monoisotopic (exact) mass is 558 g/mol. The number of hydrogen-bond donors (Lipinski definition) is 1. The van der Waals surface area contributed by atoms with Gasteiger partial charge in [0, 0.05) is 5.39 Å². The second-order valence-corrected chi connectivity index (χ2v) is 7.48. The van der Waals surface area contributed by atoms with Gasteiger partial charge in [0.1, 0.15) is 11.3 Å². The zero-order valence-electron chi connectivity index (χ0n) is 17.0. The molecule has 0 bridgehead atoms. The van der Waals surface area contributed by atoms with Crippen LogP contribution in [0.3, 0.4) is 0 Å². The highest BCUT2D eigenvalue weighted by Gasteiger charge is 2.91. The molecule has 202 valence electrons. The number of fused-ring (bicyclic) bond motifs is 3. The number of hydrogen-bond acceptors (Lipinski definition) is 4. The van der Waals surface area contributed by atoms with E-state index in [0.717, 1.165) is 12.1 Å². The van der Waals surface area contributed by atoms with Gasteiger partial charge in [-0.3, -0.25) is 4.79 Å². The Labute approximate surface area is 193 Å². The number of alkyl halides is 13. The van der Waals surface area contributed by atoms with E-state index >= 15 is 0 Å². The summed E-state index contributed by atoms with van der Waals surface area (Å²) in [5.74, 6) is -45.4. The van der Waals surface area contributed by atoms with Crippen LogP contribution in [0.25, 0.3) is 21.7 Å². The number of aromatic hydroxyl groups is 1. The molecule has 0 aliphatic carbocycles. The normalized spacial score (nSPS) is 14.4. The molecule has 0 aliphatic rings. The molecule has 0 unspecified atom stereocenters. The van der Waals surface area contributed by atoms with Crippen molar-refractivity contribution in [3.8, 4) is 5.75 Å². The van der Waals surface area contributed by atoms with Gasteiger partial charge < -0.3 is 9.52 Å². The standard InChI is InChI=1S/C20H7F13O4/c21-15(22,16(23,24)17(25,26)18(27,28)19(29,30)20(31,32)33)13(35)10-11(34)9-6-5-7-3-1-2-4-8(7)12(9)37-14(10)36/h1-6,34H. The molecule has 1 N–H and O–H groups in total. The van der Waals surface area contributed by atoms with Gasteiger partial charge in [0.2, 0.25) is 5.78 Å². The van der Waals surface area contributed by atoms with Crippen LogP contribution in [-0.4, -0.2) is 46.7 Å². The highest BCUT2D eigenvalue weighted by molar-refractivity contribution is 6.11. The lowest BCUT2D eigenvalue weighted by Gasteiger charge is -2.39. The average molecular weight is 558 g/mol. The molecule has 0 saturated carbocycles. The van der Waals surface area contributed by atoms with Crippen LogP contribution in [0.5, 0.6) is 5.75 Å². The van der Waals surface area contributed by atoms with Crippen LogP contribution in [-0.2, 0) is 0 Å². The van der Waals surface area contributed by atoms with Crippen LogP contribution in [0.2, 0.25) is 0 Å². The third kappa shape index (κ3) is 3.60. The summed E-state index contributed by atoms with van der Waals surface area (Å²) in [7, 11) is 0. The largest absolute Gasteiger partial charge is 0.506 e. The van der Waals surface area contributed by atoms with Gasteiger partial charge in [-0.25, -0.2) is 4.79 Å². The van der Waals surface area contributed by atoms with Crippen molar-refractivity contribution in [3.05, 3.63) is 52.4 Å². The van der Waals surface area contributed by atoms with Crippen molar-refractivity contribution in [2.75, 3.05) is 0 Å². The van der Waals surface area contributed by atoms with E-state index in [9.17, 15) is 71.8 Å². The first-order valence-corrected chi connectivity index (χ1v) is 9.23. The summed E-state index contributed by atoms with van der Waals surface area (Å²) in [6.07, 6.45) is -7.63. The number of benzene rings is 2. The molecule has 2 aromatic carbocycles. The highest BCUT2D eigenvalue weighted by Crippen LogP contribution is 2.60. The minimum Gasteiger partial charge on any atom is -0.506 e. The topological polar surface area (TPSA) is 67.5 Å². The summed E-state index contributed by atoms with van der Waals surface area (Å²) in [5, 5.41) is 9.56. The average Bonchev–Trinajstić information content (AvgIpc) is 2.77. The van der Waals surface area contributed by atoms with Gasteiger partial charge in [-0.05, 0) is 11.5 Å². The zero-order chi connectivity index (χ0) is 28.6. The maximum atomic E-state index is 14.3. The van der Waals surface area contributed by atoms with E-state index in [0.29, 0.717) is 0 Å². The van der Waals surface area contributed by atoms with E-state index in [2.05, 4.69) is 4.42 Å². The van der Waals surface area contributed by atoms with Gasteiger partial charge >= 0.3 is 41.4 Å². The molecule has 0 radical (unpaired) electrons. The van der Waals surface area contributed by atoms with E-state index in [1.807, 2.05) is 0 Å². The molecule has 0 spiro atoms. The van der Waals surface area contributed by atoms with Crippen LogP contribution >= 0.6 is 0 Å². The first-order chi connectivity index (χ1) is 16.6. The lowest BCUT2D eigenvalue weighted by molar-refractivity contribution is -0.435. The van der Waals surface area contributed by atoms with Gasteiger partial charge in [0.05, 0.1) is 5.39 Å². The Morgan fingerprint density at radius 3 is 1.73 bits per heavy atom. The van der Waals surface area contributed by atoms with E-state index in [4.69, 9.17) is 0 Å². The molecule has 3 rings (SSSR count). The smallest absolute Gasteiger partial charge is 0.460 e. The molecular weight excluding hydrogens is 551 g/mol. The molecule has 0 atom stereocenters. The first kappa shape index (κ1) is 28.0. The predicted molar refractivity (Wildman–Crippen MR) is 96.8 cm³/mol. The Kier molecular flexibility index (Phi) is 6.05. The van der Waals surface area contributed by atoms with E-state index < -0.39 is 69.5 Å². The second-order valence-electron chi connectivity index (χ2n) is 7.48. The van der Waals surface area contributed by atoms with Gasteiger partial charge in [-0.2, -0.15) is 57.1 Å². The lowest BCUT2D eigenvalue weighted by atomic mass is 9.90. The van der Waals surface area contributed by atoms with Gasteiger partial charge in [-0.1, -0.05) is 30.3 Å². The third-order valence-corrected chi connectivity index (χ3v) is 5.22. The first-order valence-electron chi connectivity index (χ1n) is 9.23. The molecule has 0 aliphatic heterocycles. The number of ketones is 1. The predicted octanol–water partition coefficient (Wildman–Crippen LogP) is 6.57.